The van der Waals surface area contributed by atoms with Gasteiger partial charge in [-0.25, -0.2) is 4.98 Å². The number of pyridine rings is 1. The molecule has 0 saturated carbocycles. The molecule has 1 amide bonds. The van der Waals surface area contributed by atoms with Gasteiger partial charge in [-0.2, -0.15) is 0 Å². The maximum absolute atomic E-state index is 12.5. The number of anilines is 1. The van der Waals surface area contributed by atoms with Gasteiger partial charge in [-0.3, -0.25) is 4.79 Å². The first kappa shape index (κ1) is 18.2. The lowest BCUT2D eigenvalue weighted by atomic mass is 9.86. The highest BCUT2D eigenvalue weighted by atomic mass is 16.5. The van der Waals surface area contributed by atoms with Gasteiger partial charge in [0.05, 0.1) is 0 Å². The molecule has 0 radical (unpaired) electrons. The molecule has 0 unspecified atom stereocenters. The number of carbonyl (C=O) groups is 1. The van der Waals surface area contributed by atoms with E-state index in [1.54, 1.807) is 6.20 Å². The first-order chi connectivity index (χ1) is 12.4. The third kappa shape index (κ3) is 4.34. The maximum Gasteiger partial charge on any atom is 0.260 e. The van der Waals surface area contributed by atoms with Crippen LogP contribution in [-0.2, 0) is 10.2 Å². The lowest BCUT2D eigenvalue weighted by Gasteiger charge is -2.35. The van der Waals surface area contributed by atoms with Crippen LogP contribution in [0.1, 0.15) is 26.3 Å². The number of aromatic nitrogens is 1. The SMILES string of the molecule is CC(C)(C)c1ccccc1OCC(=O)N1CCN(c2ccccn2)CC1. The normalized spacial score (nSPS) is 15.0. The number of nitrogens with zero attached hydrogens (tertiary/aromatic N) is 3. The molecule has 26 heavy (non-hydrogen) atoms. The minimum Gasteiger partial charge on any atom is -0.483 e. The van der Waals surface area contributed by atoms with E-state index in [2.05, 4.69) is 36.7 Å². The molecule has 3 rings (SSSR count). The molecule has 5 nitrogen and oxygen atoms in total. The molecular formula is C21H27N3O2. The molecule has 1 aliphatic rings. The van der Waals surface area contributed by atoms with Crippen molar-refractivity contribution >= 4 is 11.7 Å². The standard InChI is InChI=1S/C21H27N3O2/c1-21(2,3)17-8-4-5-9-18(17)26-16-20(25)24-14-12-23(13-15-24)19-10-6-7-11-22-19/h4-11H,12-16H2,1-3H3. The van der Waals surface area contributed by atoms with Crippen molar-refractivity contribution < 1.29 is 9.53 Å². The van der Waals surface area contributed by atoms with Crippen molar-refractivity contribution in [2.75, 3.05) is 37.7 Å². The zero-order valence-corrected chi connectivity index (χ0v) is 15.8. The number of amides is 1. The Bertz CT molecular complexity index is 732. The summed E-state index contributed by atoms with van der Waals surface area (Å²) >= 11 is 0. The quantitative estimate of drug-likeness (QED) is 0.847. The van der Waals surface area contributed by atoms with Gasteiger partial charge >= 0.3 is 0 Å². The van der Waals surface area contributed by atoms with E-state index in [0.717, 1.165) is 30.2 Å². The Hall–Kier alpha value is -2.56. The lowest BCUT2D eigenvalue weighted by molar-refractivity contribution is -0.133. The molecule has 0 aliphatic carbocycles. The smallest absolute Gasteiger partial charge is 0.260 e. The number of carbonyl (C=O) groups excluding carboxylic acids is 1. The predicted octanol–water partition coefficient (Wildman–Crippen LogP) is 3.11. The third-order valence-corrected chi connectivity index (χ3v) is 4.65. The summed E-state index contributed by atoms with van der Waals surface area (Å²) < 4.78 is 5.87. The summed E-state index contributed by atoms with van der Waals surface area (Å²) in [6.45, 7) is 9.49. The second kappa shape index (κ2) is 7.77. The van der Waals surface area contributed by atoms with Gasteiger partial charge in [0.15, 0.2) is 6.61 Å². The molecule has 1 aromatic heterocycles. The number of piperazine rings is 1. The molecule has 2 heterocycles. The molecule has 0 spiro atoms. The number of hydrogen-bond acceptors (Lipinski definition) is 4. The zero-order valence-electron chi connectivity index (χ0n) is 15.8. The number of ether oxygens (including phenoxy) is 1. The van der Waals surface area contributed by atoms with Crippen molar-refractivity contribution in [2.24, 2.45) is 0 Å². The van der Waals surface area contributed by atoms with Crippen LogP contribution in [0, 0.1) is 0 Å². The van der Waals surface area contributed by atoms with Gasteiger partial charge in [-0.15, -0.1) is 0 Å². The first-order valence-corrected chi connectivity index (χ1v) is 9.11. The van der Waals surface area contributed by atoms with Gasteiger partial charge in [0, 0.05) is 32.4 Å². The molecule has 0 N–H and O–H groups in total. The molecule has 1 saturated heterocycles. The number of para-hydroxylation sites is 1. The van der Waals surface area contributed by atoms with Crippen molar-refractivity contribution in [1.82, 2.24) is 9.88 Å². The lowest BCUT2D eigenvalue weighted by Crippen LogP contribution is -2.50. The van der Waals surface area contributed by atoms with E-state index >= 15 is 0 Å². The monoisotopic (exact) mass is 353 g/mol. The molecular weight excluding hydrogens is 326 g/mol. The van der Waals surface area contributed by atoms with Crippen LogP contribution in [0.4, 0.5) is 5.82 Å². The highest BCUT2D eigenvalue weighted by molar-refractivity contribution is 5.78. The topological polar surface area (TPSA) is 45.7 Å². The number of hydrogen-bond donors (Lipinski definition) is 0. The molecule has 138 valence electrons. The summed E-state index contributed by atoms with van der Waals surface area (Å²) in [5.41, 5.74) is 1.10. The van der Waals surface area contributed by atoms with E-state index < -0.39 is 0 Å². The second-order valence-corrected chi connectivity index (χ2v) is 7.59. The Labute approximate surface area is 155 Å². The van der Waals surface area contributed by atoms with Gasteiger partial charge in [-0.1, -0.05) is 45.0 Å². The highest BCUT2D eigenvalue weighted by Crippen LogP contribution is 2.30. The molecule has 1 aliphatic heterocycles. The summed E-state index contributed by atoms with van der Waals surface area (Å²) in [4.78, 5) is 21.0. The molecule has 1 aromatic carbocycles. The van der Waals surface area contributed by atoms with Crippen LogP contribution in [0.3, 0.4) is 0 Å². The Kier molecular flexibility index (Phi) is 5.45. The molecule has 1 fully saturated rings. The van der Waals surface area contributed by atoms with Gasteiger partial charge in [-0.05, 0) is 29.2 Å². The Morgan fingerprint density at radius 3 is 2.38 bits per heavy atom. The summed E-state index contributed by atoms with van der Waals surface area (Å²) in [7, 11) is 0. The summed E-state index contributed by atoms with van der Waals surface area (Å²) in [6.07, 6.45) is 1.80. The van der Waals surface area contributed by atoms with Crippen LogP contribution in [0.5, 0.6) is 5.75 Å². The first-order valence-electron chi connectivity index (χ1n) is 9.11. The Morgan fingerprint density at radius 1 is 1.04 bits per heavy atom. The molecule has 5 heteroatoms. The summed E-state index contributed by atoms with van der Waals surface area (Å²) in [5.74, 6) is 1.80. The van der Waals surface area contributed by atoms with Crippen molar-refractivity contribution in [3.05, 3.63) is 54.2 Å². The van der Waals surface area contributed by atoms with Crippen LogP contribution in [-0.4, -0.2) is 48.6 Å². The average molecular weight is 353 g/mol. The second-order valence-electron chi connectivity index (χ2n) is 7.59. The minimum absolute atomic E-state index is 0.0199. The third-order valence-electron chi connectivity index (χ3n) is 4.65. The van der Waals surface area contributed by atoms with E-state index in [4.69, 9.17) is 4.74 Å². The van der Waals surface area contributed by atoms with Crippen LogP contribution in [0.15, 0.2) is 48.7 Å². The van der Waals surface area contributed by atoms with Gasteiger partial charge in [0.1, 0.15) is 11.6 Å². The van der Waals surface area contributed by atoms with E-state index in [-0.39, 0.29) is 17.9 Å². The largest absolute Gasteiger partial charge is 0.483 e. The highest BCUT2D eigenvalue weighted by Gasteiger charge is 2.23. The zero-order chi connectivity index (χ0) is 18.6. The van der Waals surface area contributed by atoms with Crippen LogP contribution >= 0.6 is 0 Å². The van der Waals surface area contributed by atoms with E-state index in [9.17, 15) is 4.79 Å². The van der Waals surface area contributed by atoms with Gasteiger partial charge in [0.2, 0.25) is 0 Å². The molecule has 2 aromatic rings. The van der Waals surface area contributed by atoms with Crippen LogP contribution in [0.2, 0.25) is 0 Å². The number of benzene rings is 1. The molecule has 0 bridgehead atoms. The van der Waals surface area contributed by atoms with Gasteiger partial charge < -0.3 is 14.5 Å². The fourth-order valence-electron chi connectivity index (χ4n) is 3.17. The van der Waals surface area contributed by atoms with Crippen molar-refractivity contribution in [2.45, 2.75) is 26.2 Å². The fraction of sp³-hybridized carbons (Fsp3) is 0.429. The Balaban J connectivity index is 1.54. The van der Waals surface area contributed by atoms with E-state index in [0.29, 0.717) is 13.1 Å². The maximum atomic E-state index is 12.5. The van der Waals surface area contributed by atoms with Crippen molar-refractivity contribution in [3.63, 3.8) is 0 Å². The van der Waals surface area contributed by atoms with Crippen LogP contribution < -0.4 is 9.64 Å². The van der Waals surface area contributed by atoms with Crippen molar-refractivity contribution in [3.8, 4) is 5.75 Å². The minimum atomic E-state index is -0.0199. The van der Waals surface area contributed by atoms with E-state index in [1.165, 1.54) is 0 Å². The number of rotatable bonds is 4. The summed E-state index contributed by atoms with van der Waals surface area (Å²) in [6, 6.07) is 13.9. The van der Waals surface area contributed by atoms with Crippen molar-refractivity contribution in [1.29, 1.82) is 0 Å². The Morgan fingerprint density at radius 2 is 1.73 bits per heavy atom. The van der Waals surface area contributed by atoms with E-state index in [1.807, 2.05) is 41.3 Å². The fourth-order valence-corrected chi connectivity index (χ4v) is 3.17. The van der Waals surface area contributed by atoms with Crippen LogP contribution in [0.25, 0.3) is 0 Å². The molecule has 0 atom stereocenters. The summed E-state index contributed by atoms with van der Waals surface area (Å²) in [5, 5.41) is 0. The average Bonchev–Trinajstić information content (AvgIpc) is 2.66. The van der Waals surface area contributed by atoms with Gasteiger partial charge in [0.25, 0.3) is 5.91 Å². The predicted molar refractivity (Wildman–Crippen MR) is 104 cm³/mol.